The van der Waals surface area contributed by atoms with Gasteiger partial charge in [-0.2, -0.15) is 0 Å². The van der Waals surface area contributed by atoms with Crippen molar-refractivity contribution in [3.63, 3.8) is 0 Å². The van der Waals surface area contributed by atoms with E-state index in [0.717, 1.165) is 0 Å². The van der Waals surface area contributed by atoms with Crippen LogP contribution in [0.15, 0.2) is 0 Å². The number of unbranched alkanes of at least 4 members (excludes halogenated alkanes) is 1. The lowest BCUT2D eigenvalue weighted by Gasteiger charge is -2.32. The summed E-state index contributed by atoms with van der Waals surface area (Å²) in [6, 6.07) is -1.01. The number of nitrogens with zero attached hydrogens (tertiary/aromatic N) is 2. The van der Waals surface area contributed by atoms with E-state index < -0.39 is 17.9 Å². The van der Waals surface area contributed by atoms with Crippen LogP contribution < -0.4 is 11.1 Å². The molecule has 2 atom stereocenters. The Bertz CT molecular complexity index is 483. The van der Waals surface area contributed by atoms with Crippen molar-refractivity contribution in [2.75, 3.05) is 20.1 Å². The van der Waals surface area contributed by atoms with E-state index in [1.165, 1.54) is 16.9 Å². The van der Waals surface area contributed by atoms with Crippen molar-refractivity contribution in [2.45, 2.75) is 52.5 Å². The van der Waals surface area contributed by atoms with Crippen LogP contribution in [0.4, 0.5) is 0 Å². The number of rotatable bonds is 10. The van der Waals surface area contributed by atoms with Crippen molar-refractivity contribution in [2.24, 2.45) is 11.7 Å². The van der Waals surface area contributed by atoms with Gasteiger partial charge >= 0.3 is 5.97 Å². The van der Waals surface area contributed by atoms with Gasteiger partial charge in [-0.15, -0.1) is 0 Å². The number of aliphatic carboxylic acids is 1. The number of hydrazine groups is 1. The Labute approximate surface area is 148 Å². The zero-order valence-electron chi connectivity index (χ0n) is 15.4. The first-order valence-electron chi connectivity index (χ1n) is 8.43. The monoisotopic (exact) mass is 358 g/mol. The molecule has 0 aliphatic heterocycles. The molecule has 0 rings (SSSR count). The third-order valence-electron chi connectivity index (χ3n) is 4.01. The second-order valence-corrected chi connectivity index (χ2v) is 5.97. The number of nitrogens with two attached hydrogens (primary N) is 1. The summed E-state index contributed by atoms with van der Waals surface area (Å²) in [7, 11) is 1.55. The molecule has 25 heavy (non-hydrogen) atoms. The highest BCUT2D eigenvalue weighted by molar-refractivity contribution is 5.84. The van der Waals surface area contributed by atoms with Gasteiger partial charge in [0.1, 0.15) is 6.04 Å². The molecule has 0 spiro atoms. The number of amides is 3. The molecule has 4 N–H and O–H groups in total. The molecule has 3 amide bonds. The Hall–Kier alpha value is -2.16. The Morgan fingerprint density at radius 2 is 1.80 bits per heavy atom. The average molecular weight is 358 g/mol. The van der Waals surface area contributed by atoms with E-state index in [1.54, 1.807) is 14.0 Å². The summed E-state index contributed by atoms with van der Waals surface area (Å²) in [6.07, 6.45) is 1.86. The first-order chi connectivity index (χ1) is 11.6. The van der Waals surface area contributed by atoms with Crippen LogP contribution in [0, 0.1) is 5.92 Å². The standard InChI is InChI=1S/C16H30N4O5/c1-5-11(2)15(23)19(4)20(12(3)21)9-7-6-8-13(16(24)25)18-14(22)10-17/h11,13H,5-10,17H2,1-4H3,(H,18,22)(H,24,25). The minimum atomic E-state index is -1.13. The Balaban J connectivity index is 4.58. The number of nitrogens with one attached hydrogen (secondary N) is 1. The minimum absolute atomic E-state index is 0.142. The first-order valence-corrected chi connectivity index (χ1v) is 8.43. The highest BCUT2D eigenvalue weighted by Crippen LogP contribution is 2.10. The lowest BCUT2D eigenvalue weighted by molar-refractivity contribution is -0.162. The van der Waals surface area contributed by atoms with E-state index in [-0.39, 0.29) is 30.7 Å². The quantitative estimate of drug-likeness (QED) is 0.370. The van der Waals surface area contributed by atoms with Crippen molar-refractivity contribution in [1.82, 2.24) is 15.3 Å². The normalized spacial score (nSPS) is 12.8. The topological polar surface area (TPSA) is 133 Å². The average Bonchev–Trinajstić information content (AvgIpc) is 2.57. The maximum Gasteiger partial charge on any atom is 0.326 e. The molecule has 9 heteroatoms. The SMILES string of the molecule is CCC(C)C(=O)N(C)N(CCCCC(NC(=O)CN)C(=O)O)C(C)=O. The number of carbonyl (C=O) groups excluding carboxylic acids is 3. The third kappa shape index (κ3) is 7.97. The fraction of sp³-hybridized carbons (Fsp3) is 0.750. The van der Waals surface area contributed by atoms with E-state index in [0.29, 0.717) is 25.8 Å². The van der Waals surface area contributed by atoms with Gasteiger partial charge in [-0.25, -0.2) is 4.79 Å². The van der Waals surface area contributed by atoms with Gasteiger partial charge in [-0.3, -0.25) is 24.4 Å². The van der Waals surface area contributed by atoms with Gasteiger partial charge < -0.3 is 16.2 Å². The van der Waals surface area contributed by atoms with Crippen LogP contribution >= 0.6 is 0 Å². The van der Waals surface area contributed by atoms with Crippen LogP contribution in [0.5, 0.6) is 0 Å². The molecule has 0 fully saturated rings. The van der Waals surface area contributed by atoms with Crippen LogP contribution in [0.2, 0.25) is 0 Å². The van der Waals surface area contributed by atoms with Crippen LogP contribution in [-0.2, 0) is 19.2 Å². The highest BCUT2D eigenvalue weighted by Gasteiger charge is 2.24. The van der Waals surface area contributed by atoms with Gasteiger partial charge in [0.2, 0.25) is 17.7 Å². The molecule has 0 aliphatic carbocycles. The first kappa shape index (κ1) is 22.8. The van der Waals surface area contributed by atoms with Crippen LogP contribution in [0.3, 0.4) is 0 Å². The molecule has 0 aromatic heterocycles. The van der Waals surface area contributed by atoms with Crippen molar-refractivity contribution in [1.29, 1.82) is 0 Å². The fourth-order valence-corrected chi connectivity index (χ4v) is 2.25. The van der Waals surface area contributed by atoms with Gasteiger partial charge in [0.05, 0.1) is 6.54 Å². The highest BCUT2D eigenvalue weighted by atomic mass is 16.4. The minimum Gasteiger partial charge on any atom is -0.480 e. The van der Waals surface area contributed by atoms with Crippen molar-refractivity contribution < 1.29 is 24.3 Å². The molecular formula is C16H30N4O5. The van der Waals surface area contributed by atoms with E-state index >= 15 is 0 Å². The van der Waals surface area contributed by atoms with Gasteiger partial charge in [-0.1, -0.05) is 13.8 Å². The summed E-state index contributed by atoms with van der Waals surface area (Å²) in [6.45, 7) is 5.10. The summed E-state index contributed by atoms with van der Waals surface area (Å²) < 4.78 is 0. The fourth-order valence-electron chi connectivity index (χ4n) is 2.25. The molecule has 0 aromatic carbocycles. The molecular weight excluding hydrogens is 328 g/mol. The maximum atomic E-state index is 12.2. The van der Waals surface area contributed by atoms with Gasteiger partial charge in [-0.05, 0) is 25.7 Å². The largest absolute Gasteiger partial charge is 0.480 e. The molecule has 0 saturated carbocycles. The lowest BCUT2D eigenvalue weighted by atomic mass is 10.1. The molecule has 0 aromatic rings. The molecule has 0 radical (unpaired) electrons. The van der Waals surface area contributed by atoms with Crippen LogP contribution in [0.25, 0.3) is 0 Å². The number of hydrogen-bond donors (Lipinski definition) is 3. The van der Waals surface area contributed by atoms with Crippen molar-refractivity contribution >= 4 is 23.7 Å². The summed E-state index contributed by atoms with van der Waals surface area (Å²) >= 11 is 0. The number of carbonyl (C=O) groups is 4. The zero-order valence-corrected chi connectivity index (χ0v) is 15.4. The Kier molecular flexibility index (Phi) is 10.4. The molecule has 2 unspecified atom stereocenters. The second kappa shape index (κ2) is 11.4. The summed E-state index contributed by atoms with van der Waals surface area (Å²) in [5.74, 6) is -2.25. The molecule has 9 nitrogen and oxygen atoms in total. The maximum absolute atomic E-state index is 12.2. The van der Waals surface area contributed by atoms with Gasteiger partial charge in [0, 0.05) is 26.4 Å². The lowest BCUT2D eigenvalue weighted by Crippen LogP contribution is -2.48. The number of carboxylic acids is 1. The van der Waals surface area contributed by atoms with Gasteiger partial charge in [0.25, 0.3) is 0 Å². The second-order valence-electron chi connectivity index (χ2n) is 5.97. The van der Waals surface area contributed by atoms with Crippen molar-refractivity contribution in [3.05, 3.63) is 0 Å². The van der Waals surface area contributed by atoms with E-state index in [2.05, 4.69) is 5.32 Å². The van der Waals surface area contributed by atoms with Crippen molar-refractivity contribution in [3.8, 4) is 0 Å². The van der Waals surface area contributed by atoms with E-state index in [9.17, 15) is 19.2 Å². The molecule has 144 valence electrons. The summed E-state index contributed by atoms with van der Waals surface area (Å²) in [5.41, 5.74) is 5.16. The van der Waals surface area contributed by atoms with E-state index in [4.69, 9.17) is 10.8 Å². The predicted molar refractivity (Wildman–Crippen MR) is 92.1 cm³/mol. The molecule has 0 saturated heterocycles. The number of hydrogen-bond acceptors (Lipinski definition) is 5. The van der Waals surface area contributed by atoms with Crippen LogP contribution in [-0.4, -0.2) is 65.0 Å². The smallest absolute Gasteiger partial charge is 0.326 e. The molecule has 0 aliphatic rings. The summed E-state index contributed by atoms with van der Waals surface area (Å²) in [5, 5.41) is 14.1. The van der Waals surface area contributed by atoms with Crippen LogP contribution in [0.1, 0.15) is 46.5 Å². The molecule has 0 heterocycles. The Morgan fingerprint density at radius 1 is 1.20 bits per heavy atom. The predicted octanol–water partition coefficient (Wildman–Crippen LogP) is -0.0472. The van der Waals surface area contributed by atoms with E-state index in [1.807, 2.05) is 6.92 Å². The third-order valence-corrected chi connectivity index (χ3v) is 4.01. The summed E-state index contributed by atoms with van der Waals surface area (Å²) in [4.78, 5) is 46.3. The molecule has 0 bridgehead atoms. The number of carboxylic acid groups (broad SMARTS) is 1. The van der Waals surface area contributed by atoms with Gasteiger partial charge in [0.15, 0.2) is 0 Å². The zero-order chi connectivity index (χ0) is 19.6. The Morgan fingerprint density at radius 3 is 2.24 bits per heavy atom.